The predicted octanol–water partition coefficient (Wildman–Crippen LogP) is 1.55. The molecule has 1 rings (SSSR count). The van der Waals surface area contributed by atoms with Gasteiger partial charge in [-0.05, 0) is 36.8 Å². The molecule has 0 atom stereocenters. The van der Waals surface area contributed by atoms with Crippen molar-refractivity contribution in [3.8, 4) is 0 Å². The number of carbonyl (C=O) groups excluding carboxylic acids is 4. The number of aryl methyl sites for hydroxylation is 2. The highest BCUT2D eigenvalue weighted by Gasteiger charge is 2.10. The van der Waals surface area contributed by atoms with Crippen LogP contribution in [0.3, 0.4) is 0 Å². The lowest BCUT2D eigenvalue weighted by atomic mass is 9.98. The van der Waals surface area contributed by atoms with Gasteiger partial charge in [-0.25, -0.2) is 19.2 Å². The van der Waals surface area contributed by atoms with Gasteiger partial charge in [0.2, 0.25) is 24.3 Å². The van der Waals surface area contributed by atoms with Crippen LogP contribution >= 0.6 is 0 Å². The van der Waals surface area contributed by atoms with E-state index in [2.05, 4.69) is 20.0 Å². The van der Waals surface area contributed by atoms with E-state index >= 15 is 0 Å². The van der Waals surface area contributed by atoms with E-state index in [1.54, 1.807) is 0 Å². The number of hydrogen-bond acceptors (Lipinski definition) is 8. The van der Waals surface area contributed by atoms with Crippen LogP contribution in [0.15, 0.2) is 44.2 Å². The van der Waals surface area contributed by atoms with Gasteiger partial charge in [-0.15, -0.1) is 0 Å². The van der Waals surface area contributed by atoms with Gasteiger partial charge < -0.3 is 0 Å². The quantitative estimate of drug-likeness (QED) is 0.478. The maximum atomic E-state index is 10.3. The summed E-state index contributed by atoms with van der Waals surface area (Å²) in [5.41, 5.74) is 1.93. The summed E-state index contributed by atoms with van der Waals surface area (Å²) in [7, 11) is 0. The molecule has 1 aromatic rings. The van der Waals surface area contributed by atoms with Crippen LogP contribution in [0.1, 0.15) is 24.0 Å². The summed E-state index contributed by atoms with van der Waals surface area (Å²) >= 11 is 0. The molecule has 8 heteroatoms. The molecule has 0 saturated heterocycles. The Labute approximate surface area is 137 Å². The van der Waals surface area contributed by atoms with E-state index in [0.717, 1.165) is 11.1 Å². The van der Waals surface area contributed by atoms with Crippen LogP contribution in [0.5, 0.6) is 0 Å². The molecule has 8 nitrogen and oxygen atoms in total. The molecule has 0 N–H and O–H groups in total. The summed E-state index contributed by atoms with van der Waals surface area (Å²) in [6.07, 6.45) is 5.64. The zero-order valence-electron chi connectivity index (χ0n) is 12.7. The van der Waals surface area contributed by atoms with Crippen molar-refractivity contribution >= 4 is 24.3 Å². The van der Waals surface area contributed by atoms with Gasteiger partial charge in [0.05, 0.1) is 0 Å². The fourth-order valence-electron chi connectivity index (χ4n) is 2.17. The number of hydrogen-bond donors (Lipinski definition) is 0. The SMILES string of the molecule is O=C=NC(CCc1ccccc1CCC(N=C=O)N=C=O)N=C=O. The van der Waals surface area contributed by atoms with E-state index < -0.39 is 12.3 Å². The summed E-state index contributed by atoms with van der Waals surface area (Å²) in [6.45, 7) is 0. The average Bonchev–Trinajstić information content (AvgIpc) is 2.59. The van der Waals surface area contributed by atoms with Crippen molar-refractivity contribution in [2.75, 3.05) is 0 Å². The first-order chi connectivity index (χ1) is 11.7. The number of isocyanates is 4. The summed E-state index contributed by atoms with van der Waals surface area (Å²) in [6, 6.07) is 7.49. The van der Waals surface area contributed by atoms with Gasteiger partial charge in [0.1, 0.15) is 0 Å². The fraction of sp³-hybridized carbons (Fsp3) is 0.375. The van der Waals surface area contributed by atoms with Gasteiger partial charge in [-0.3, -0.25) is 0 Å². The molecule has 0 bridgehead atoms. The molecule has 0 fully saturated rings. The maximum absolute atomic E-state index is 10.3. The molecule has 1 aromatic carbocycles. The van der Waals surface area contributed by atoms with E-state index in [4.69, 9.17) is 0 Å². The van der Waals surface area contributed by atoms with Crippen LogP contribution in [0, 0.1) is 0 Å². The number of rotatable bonds is 10. The minimum atomic E-state index is -0.805. The van der Waals surface area contributed by atoms with Crippen LogP contribution in [0.25, 0.3) is 0 Å². The highest BCUT2D eigenvalue weighted by Crippen LogP contribution is 2.17. The van der Waals surface area contributed by atoms with E-state index in [1.807, 2.05) is 24.3 Å². The normalized spacial score (nSPS) is 11.7. The zero-order chi connectivity index (χ0) is 17.6. The molecular formula is C16H14N4O4. The lowest BCUT2D eigenvalue weighted by Gasteiger charge is -2.11. The van der Waals surface area contributed by atoms with E-state index in [0.29, 0.717) is 25.7 Å². The van der Waals surface area contributed by atoms with Gasteiger partial charge in [0, 0.05) is 0 Å². The topological polar surface area (TPSA) is 118 Å². The largest absolute Gasteiger partial charge is 0.237 e. The van der Waals surface area contributed by atoms with Crippen molar-refractivity contribution in [1.82, 2.24) is 0 Å². The minimum Gasteiger partial charge on any atom is -0.211 e. The third-order valence-corrected chi connectivity index (χ3v) is 3.27. The zero-order valence-corrected chi connectivity index (χ0v) is 12.7. The lowest BCUT2D eigenvalue weighted by molar-refractivity contribution is 0.538. The molecule has 0 aromatic heterocycles. The fourth-order valence-corrected chi connectivity index (χ4v) is 2.17. The van der Waals surface area contributed by atoms with Crippen molar-refractivity contribution in [3.05, 3.63) is 35.4 Å². The van der Waals surface area contributed by atoms with Crippen LogP contribution < -0.4 is 0 Å². The minimum absolute atomic E-state index is 0.351. The van der Waals surface area contributed by atoms with Crippen LogP contribution in [0.4, 0.5) is 0 Å². The second kappa shape index (κ2) is 11.3. The van der Waals surface area contributed by atoms with E-state index in [9.17, 15) is 19.2 Å². The second-order valence-corrected chi connectivity index (χ2v) is 4.69. The Bertz CT molecular complexity index is 639. The second-order valence-electron chi connectivity index (χ2n) is 4.69. The van der Waals surface area contributed by atoms with Crippen molar-refractivity contribution < 1.29 is 19.2 Å². The lowest BCUT2D eigenvalue weighted by Crippen LogP contribution is -2.06. The summed E-state index contributed by atoms with van der Waals surface area (Å²) in [5.74, 6) is 0. The van der Waals surface area contributed by atoms with Gasteiger partial charge in [0.15, 0.2) is 12.3 Å². The molecule has 0 radical (unpaired) electrons. The molecule has 0 heterocycles. The van der Waals surface area contributed by atoms with Gasteiger partial charge in [0.25, 0.3) is 0 Å². The number of benzene rings is 1. The van der Waals surface area contributed by atoms with E-state index in [1.165, 1.54) is 24.3 Å². The molecule has 0 aliphatic rings. The van der Waals surface area contributed by atoms with Gasteiger partial charge >= 0.3 is 0 Å². The Balaban J connectivity index is 2.80. The molecular weight excluding hydrogens is 312 g/mol. The summed E-state index contributed by atoms with van der Waals surface area (Å²) in [5, 5.41) is 0. The molecule has 0 amide bonds. The number of aliphatic imine (C=N–C) groups is 4. The smallest absolute Gasteiger partial charge is 0.211 e. The van der Waals surface area contributed by atoms with Crippen molar-refractivity contribution in [1.29, 1.82) is 0 Å². The third-order valence-electron chi connectivity index (χ3n) is 3.27. The van der Waals surface area contributed by atoms with Crippen molar-refractivity contribution in [2.45, 2.75) is 38.0 Å². The first-order valence-electron chi connectivity index (χ1n) is 7.09. The highest BCUT2D eigenvalue weighted by molar-refractivity contribution is 5.38. The average molecular weight is 326 g/mol. The van der Waals surface area contributed by atoms with Crippen LogP contribution in [-0.4, -0.2) is 36.7 Å². The Hall–Kier alpha value is -3.26. The highest BCUT2D eigenvalue weighted by atomic mass is 16.1. The van der Waals surface area contributed by atoms with Crippen molar-refractivity contribution in [2.24, 2.45) is 20.0 Å². The van der Waals surface area contributed by atoms with Gasteiger partial charge in [-0.2, -0.15) is 20.0 Å². The molecule has 0 aliphatic carbocycles. The first kappa shape index (κ1) is 18.8. The number of nitrogens with zero attached hydrogens (tertiary/aromatic N) is 4. The van der Waals surface area contributed by atoms with Crippen LogP contribution in [0.2, 0.25) is 0 Å². The molecule has 0 spiro atoms. The van der Waals surface area contributed by atoms with Crippen LogP contribution in [-0.2, 0) is 32.0 Å². The summed E-state index contributed by atoms with van der Waals surface area (Å²) < 4.78 is 0. The first-order valence-corrected chi connectivity index (χ1v) is 7.09. The Morgan fingerprint density at radius 3 is 1.29 bits per heavy atom. The maximum Gasteiger partial charge on any atom is 0.237 e. The molecule has 122 valence electrons. The Morgan fingerprint density at radius 1 is 0.667 bits per heavy atom. The van der Waals surface area contributed by atoms with E-state index in [-0.39, 0.29) is 0 Å². The predicted molar refractivity (Wildman–Crippen MR) is 83.1 cm³/mol. The standard InChI is InChI=1S/C16H14N4O4/c21-9-17-15(18-10-22)7-5-13-3-1-2-4-14(13)6-8-16(19-11-23)20-12-24/h1-4,15-16H,5-8H2. The molecule has 0 aliphatic heterocycles. The third kappa shape index (κ3) is 6.67. The molecule has 0 unspecified atom stereocenters. The van der Waals surface area contributed by atoms with Gasteiger partial charge in [-0.1, -0.05) is 24.3 Å². The summed E-state index contributed by atoms with van der Waals surface area (Å²) in [4.78, 5) is 54.9. The Morgan fingerprint density at radius 2 is 1.00 bits per heavy atom. The molecule has 24 heavy (non-hydrogen) atoms. The molecule has 0 saturated carbocycles. The Kier molecular flexibility index (Phi) is 8.87. The monoisotopic (exact) mass is 326 g/mol. The van der Waals surface area contributed by atoms with Crippen molar-refractivity contribution in [3.63, 3.8) is 0 Å².